The summed E-state index contributed by atoms with van der Waals surface area (Å²) in [6.45, 7) is 3.84. The van der Waals surface area contributed by atoms with Crippen molar-refractivity contribution in [2.45, 2.75) is 13.8 Å². The fraction of sp³-hybridized carbons (Fsp3) is 0.150. The van der Waals surface area contributed by atoms with E-state index in [-0.39, 0.29) is 5.57 Å². The maximum Gasteiger partial charge on any atom is 0.335 e. The van der Waals surface area contributed by atoms with Gasteiger partial charge in [0.1, 0.15) is 11.3 Å². The van der Waals surface area contributed by atoms with Gasteiger partial charge in [0.25, 0.3) is 11.8 Å². The highest BCUT2D eigenvalue weighted by atomic mass is 127. The van der Waals surface area contributed by atoms with Crippen molar-refractivity contribution >= 4 is 52.2 Å². The highest BCUT2D eigenvalue weighted by molar-refractivity contribution is 14.1. The summed E-state index contributed by atoms with van der Waals surface area (Å²) >= 11 is 2.11. The molecule has 0 bridgehead atoms. The van der Waals surface area contributed by atoms with Crippen molar-refractivity contribution in [3.8, 4) is 5.75 Å². The maximum atomic E-state index is 12.9. The molecule has 1 saturated heterocycles. The number of anilines is 1. The van der Waals surface area contributed by atoms with Crippen molar-refractivity contribution in [2.75, 3.05) is 12.0 Å². The van der Waals surface area contributed by atoms with Gasteiger partial charge in [-0.25, -0.2) is 9.69 Å². The van der Waals surface area contributed by atoms with Crippen molar-refractivity contribution < 1.29 is 19.1 Å². The Balaban J connectivity index is 2.01. The minimum absolute atomic E-state index is 0.103. The Labute approximate surface area is 170 Å². The van der Waals surface area contributed by atoms with Crippen molar-refractivity contribution in [1.29, 1.82) is 0 Å². The van der Waals surface area contributed by atoms with Crippen LogP contribution >= 0.6 is 22.6 Å². The number of nitrogens with zero attached hydrogens (tertiary/aromatic N) is 1. The Morgan fingerprint density at radius 3 is 2.41 bits per heavy atom. The summed E-state index contributed by atoms with van der Waals surface area (Å²) in [6, 6.07) is 9.80. The first-order chi connectivity index (χ1) is 12.8. The SMILES string of the molecule is COc1ccc(/C=C2/C(=O)NC(=O)N(c3ccc(C)c(C)c3)C2=O)cc1I. The van der Waals surface area contributed by atoms with Crippen molar-refractivity contribution in [3.63, 3.8) is 0 Å². The van der Waals surface area contributed by atoms with Crippen molar-refractivity contribution in [1.82, 2.24) is 5.32 Å². The van der Waals surface area contributed by atoms with Crippen LogP contribution in [-0.4, -0.2) is 25.0 Å². The Morgan fingerprint density at radius 2 is 1.78 bits per heavy atom. The zero-order valence-electron chi connectivity index (χ0n) is 15.0. The highest BCUT2D eigenvalue weighted by Crippen LogP contribution is 2.26. The van der Waals surface area contributed by atoms with E-state index in [4.69, 9.17) is 4.74 Å². The quantitative estimate of drug-likeness (QED) is 0.418. The summed E-state index contributed by atoms with van der Waals surface area (Å²) in [5.41, 5.74) is 2.97. The molecule has 0 aliphatic carbocycles. The highest BCUT2D eigenvalue weighted by Gasteiger charge is 2.36. The summed E-state index contributed by atoms with van der Waals surface area (Å²) in [7, 11) is 1.57. The molecule has 0 atom stereocenters. The van der Waals surface area contributed by atoms with Crippen LogP contribution in [0.15, 0.2) is 42.0 Å². The van der Waals surface area contributed by atoms with Gasteiger partial charge in [-0.3, -0.25) is 14.9 Å². The third kappa shape index (κ3) is 3.73. The standard InChI is InChI=1S/C20H17IN2O4/c1-11-4-6-14(8-12(11)2)23-19(25)15(18(24)22-20(23)26)9-13-5-7-17(27-3)16(21)10-13/h4-10H,1-3H3,(H,22,24,26)/b15-9-. The number of carbonyl (C=O) groups is 3. The monoisotopic (exact) mass is 476 g/mol. The molecular formula is C20H17IN2O4. The molecule has 138 valence electrons. The number of nitrogens with one attached hydrogen (secondary N) is 1. The topological polar surface area (TPSA) is 75.7 Å². The lowest BCUT2D eigenvalue weighted by Gasteiger charge is -2.26. The molecule has 0 aromatic heterocycles. The van der Waals surface area contributed by atoms with Gasteiger partial charge >= 0.3 is 6.03 Å². The van der Waals surface area contributed by atoms with Crippen LogP contribution in [0.4, 0.5) is 10.5 Å². The van der Waals surface area contributed by atoms with Gasteiger partial charge in [0.15, 0.2) is 0 Å². The number of carbonyl (C=O) groups excluding carboxylic acids is 3. The Bertz CT molecular complexity index is 997. The van der Waals surface area contributed by atoms with Crippen LogP contribution in [0, 0.1) is 17.4 Å². The molecule has 2 aromatic rings. The molecule has 1 aliphatic rings. The minimum atomic E-state index is -0.755. The minimum Gasteiger partial charge on any atom is -0.496 e. The van der Waals surface area contributed by atoms with E-state index in [1.807, 2.05) is 19.9 Å². The van der Waals surface area contributed by atoms with E-state index < -0.39 is 17.8 Å². The second kappa shape index (κ2) is 7.51. The summed E-state index contributed by atoms with van der Waals surface area (Å²) in [5, 5.41) is 2.23. The Kier molecular flexibility index (Phi) is 5.31. The molecule has 27 heavy (non-hydrogen) atoms. The molecule has 0 saturated carbocycles. The molecule has 1 aliphatic heterocycles. The van der Waals surface area contributed by atoms with Gasteiger partial charge < -0.3 is 4.74 Å². The van der Waals surface area contributed by atoms with E-state index in [1.54, 1.807) is 37.4 Å². The van der Waals surface area contributed by atoms with Crippen LogP contribution in [0.3, 0.4) is 0 Å². The van der Waals surface area contributed by atoms with E-state index in [1.165, 1.54) is 6.08 Å². The van der Waals surface area contributed by atoms with Crippen molar-refractivity contribution in [3.05, 3.63) is 62.2 Å². The number of hydrogen-bond donors (Lipinski definition) is 1. The molecule has 4 amide bonds. The molecule has 0 spiro atoms. The van der Waals surface area contributed by atoms with Crippen LogP contribution in [0.1, 0.15) is 16.7 Å². The van der Waals surface area contributed by atoms with E-state index in [0.29, 0.717) is 17.0 Å². The average Bonchev–Trinajstić information content (AvgIpc) is 2.61. The van der Waals surface area contributed by atoms with Gasteiger partial charge in [-0.2, -0.15) is 0 Å². The number of rotatable bonds is 3. The van der Waals surface area contributed by atoms with Gasteiger partial charge in [-0.1, -0.05) is 12.1 Å². The molecule has 7 heteroatoms. The Morgan fingerprint density at radius 1 is 1.04 bits per heavy atom. The first-order valence-corrected chi connectivity index (χ1v) is 9.22. The number of hydrogen-bond acceptors (Lipinski definition) is 4. The molecule has 1 fully saturated rings. The maximum absolute atomic E-state index is 12.9. The van der Waals surface area contributed by atoms with Crippen LogP contribution in [0.25, 0.3) is 6.08 Å². The molecule has 1 heterocycles. The third-order valence-corrected chi connectivity index (χ3v) is 5.18. The third-order valence-electron chi connectivity index (χ3n) is 4.34. The van der Waals surface area contributed by atoms with Crippen LogP contribution < -0.4 is 15.0 Å². The second-order valence-electron chi connectivity index (χ2n) is 6.12. The summed E-state index contributed by atoms with van der Waals surface area (Å²) in [4.78, 5) is 38.4. The van der Waals surface area contributed by atoms with Gasteiger partial charge in [0.05, 0.1) is 16.4 Å². The van der Waals surface area contributed by atoms with Gasteiger partial charge in [-0.15, -0.1) is 0 Å². The average molecular weight is 476 g/mol. The van der Waals surface area contributed by atoms with E-state index in [9.17, 15) is 14.4 Å². The predicted molar refractivity (Wildman–Crippen MR) is 111 cm³/mol. The van der Waals surface area contributed by atoms with Crippen LogP contribution in [-0.2, 0) is 9.59 Å². The number of methoxy groups -OCH3 is 1. The lowest BCUT2D eigenvalue weighted by molar-refractivity contribution is -0.122. The largest absolute Gasteiger partial charge is 0.496 e. The number of halogens is 1. The predicted octanol–water partition coefficient (Wildman–Crippen LogP) is 3.58. The molecule has 0 radical (unpaired) electrons. The number of aryl methyl sites for hydroxylation is 2. The number of imide groups is 2. The lowest BCUT2D eigenvalue weighted by Crippen LogP contribution is -2.54. The van der Waals surface area contributed by atoms with E-state index in [0.717, 1.165) is 19.6 Å². The van der Waals surface area contributed by atoms with Crippen LogP contribution in [0.2, 0.25) is 0 Å². The molecule has 3 rings (SSSR count). The zero-order chi connectivity index (χ0) is 19.7. The van der Waals surface area contributed by atoms with Gasteiger partial charge in [-0.05, 0) is 83.5 Å². The number of amides is 4. The van der Waals surface area contributed by atoms with Crippen LogP contribution in [0.5, 0.6) is 5.75 Å². The molecule has 1 N–H and O–H groups in total. The summed E-state index contributed by atoms with van der Waals surface area (Å²) in [6.07, 6.45) is 1.47. The zero-order valence-corrected chi connectivity index (χ0v) is 17.2. The fourth-order valence-electron chi connectivity index (χ4n) is 2.70. The number of barbiturate groups is 1. The van der Waals surface area contributed by atoms with Gasteiger partial charge in [0, 0.05) is 0 Å². The lowest BCUT2D eigenvalue weighted by atomic mass is 10.1. The summed E-state index contributed by atoms with van der Waals surface area (Å²) < 4.78 is 6.06. The fourth-order valence-corrected chi connectivity index (χ4v) is 3.46. The normalized spacial score (nSPS) is 15.9. The molecule has 6 nitrogen and oxygen atoms in total. The first-order valence-electron chi connectivity index (χ1n) is 8.14. The molecule has 0 unspecified atom stereocenters. The Hall–Kier alpha value is -2.68. The smallest absolute Gasteiger partial charge is 0.335 e. The van der Waals surface area contributed by atoms with E-state index >= 15 is 0 Å². The number of urea groups is 1. The number of ether oxygens (including phenoxy) is 1. The van der Waals surface area contributed by atoms with Crippen molar-refractivity contribution in [2.24, 2.45) is 0 Å². The van der Waals surface area contributed by atoms with E-state index in [2.05, 4.69) is 27.9 Å². The summed E-state index contributed by atoms with van der Waals surface area (Å²) in [5.74, 6) is -0.669. The number of benzene rings is 2. The first kappa shape index (κ1) is 19.1. The molecular weight excluding hydrogens is 459 g/mol. The van der Waals surface area contributed by atoms with Gasteiger partial charge in [0.2, 0.25) is 0 Å². The molecule has 2 aromatic carbocycles. The second-order valence-corrected chi connectivity index (χ2v) is 7.28.